The highest BCUT2D eigenvalue weighted by atomic mass is 19.1. The van der Waals surface area contributed by atoms with Gasteiger partial charge in [0, 0.05) is 11.1 Å². The highest BCUT2D eigenvalue weighted by molar-refractivity contribution is 6.39. The quantitative estimate of drug-likeness (QED) is 0.444. The van der Waals surface area contributed by atoms with Crippen molar-refractivity contribution >= 4 is 29.6 Å². The third-order valence-corrected chi connectivity index (χ3v) is 5.27. The van der Waals surface area contributed by atoms with Gasteiger partial charge in [0.15, 0.2) is 0 Å². The maximum atomic E-state index is 13.9. The number of nitrogens with zero attached hydrogens (tertiary/aromatic N) is 1. The number of hydrogen-bond donors (Lipinski definition) is 1. The van der Waals surface area contributed by atoms with Crippen molar-refractivity contribution < 1.29 is 23.5 Å². The molecule has 0 saturated carbocycles. The molecule has 33 heavy (non-hydrogen) atoms. The van der Waals surface area contributed by atoms with Crippen LogP contribution >= 0.6 is 0 Å². The van der Waals surface area contributed by atoms with E-state index in [-0.39, 0.29) is 18.0 Å². The van der Waals surface area contributed by atoms with Gasteiger partial charge in [-0.15, -0.1) is 0 Å². The van der Waals surface area contributed by atoms with Gasteiger partial charge in [0.05, 0.1) is 5.69 Å². The van der Waals surface area contributed by atoms with Gasteiger partial charge in [0.1, 0.15) is 23.7 Å². The molecular weight excluding hydrogens is 423 g/mol. The van der Waals surface area contributed by atoms with Crippen molar-refractivity contribution in [3.05, 3.63) is 101 Å². The molecule has 1 fully saturated rings. The number of hydrogen-bond acceptors (Lipinski definition) is 4. The molecule has 0 spiro atoms. The molecule has 0 aromatic heterocycles. The number of carbonyl (C=O) groups is 3. The maximum Gasteiger partial charge on any atom is 0.335 e. The average Bonchev–Trinajstić information content (AvgIpc) is 2.82. The summed E-state index contributed by atoms with van der Waals surface area (Å²) < 4.78 is 19.7. The Morgan fingerprint density at radius 3 is 2.33 bits per heavy atom. The number of amides is 4. The first-order chi connectivity index (χ1) is 16.0. The summed E-state index contributed by atoms with van der Waals surface area (Å²) in [6.07, 6.45) is 1.98. The summed E-state index contributed by atoms with van der Waals surface area (Å²) in [4.78, 5) is 39.3. The van der Waals surface area contributed by atoms with Crippen LogP contribution in [0.15, 0.2) is 78.4 Å². The van der Waals surface area contributed by atoms with Gasteiger partial charge in [-0.05, 0) is 36.3 Å². The zero-order valence-corrected chi connectivity index (χ0v) is 17.9. The SMILES string of the molecule is CCc1ccccc1N1C(=O)NC(=O)/C(=C/c2ccccc2OCc2ccccc2F)C1=O. The Hall–Kier alpha value is -4.26. The predicted octanol–water partition coefficient (Wildman–Crippen LogP) is 4.63. The van der Waals surface area contributed by atoms with Crippen LogP contribution in [0.1, 0.15) is 23.6 Å². The lowest BCUT2D eigenvalue weighted by Gasteiger charge is -2.28. The Kier molecular flexibility index (Phi) is 6.31. The van der Waals surface area contributed by atoms with Crippen LogP contribution in [0.25, 0.3) is 6.08 Å². The van der Waals surface area contributed by atoms with Gasteiger partial charge in [-0.2, -0.15) is 0 Å². The van der Waals surface area contributed by atoms with E-state index in [9.17, 15) is 18.8 Å². The summed E-state index contributed by atoms with van der Waals surface area (Å²) >= 11 is 0. The second kappa shape index (κ2) is 9.48. The molecule has 7 heteroatoms. The molecule has 4 amide bonds. The van der Waals surface area contributed by atoms with Gasteiger partial charge in [-0.1, -0.05) is 61.5 Å². The molecule has 0 atom stereocenters. The third-order valence-electron chi connectivity index (χ3n) is 5.27. The number of benzene rings is 3. The van der Waals surface area contributed by atoms with Crippen molar-refractivity contribution in [2.75, 3.05) is 4.90 Å². The van der Waals surface area contributed by atoms with Gasteiger partial charge in [-0.3, -0.25) is 14.9 Å². The number of urea groups is 1. The normalized spacial score (nSPS) is 15.0. The van der Waals surface area contributed by atoms with Crippen LogP contribution in [0, 0.1) is 5.82 Å². The summed E-state index contributed by atoms with van der Waals surface area (Å²) in [5.74, 6) is -1.54. The molecule has 6 nitrogen and oxygen atoms in total. The van der Waals surface area contributed by atoms with E-state index < -0.39 is 17.8 Å². The molecule has 0 bridgehead atoms. The van der Waals surface area contributed by atoms with Gasteiger partial charge in [-0.25, -0.2) is 14.1 Å². The molecule has 0 aliphatic carbocycles. The number of halogens is 1. The van der Waals surface area contributed by atoms with E-state index in [0.717, 1.165) is 10.5 Å². The molecule has 1 saturated heterocycles. The van der Waals surface area contributed by atoms with E-state index in [2.05, 4.69) is 5.32 Å². The van der Waals surface area contributed by atoms with Crippen LogP contribution in [-0.2, 0) is 22.6 Å². The molecule has 3 aromatic rings. The van der Waals surface area contributed by atoms with Crippen molar-refractivity contribution in [1.29, 1.82) is 0 Å². The molecule has 1 N–H and O–H groups in total. The molecule has 4 rings (SSSR count). The Balaban J connectivity index is 1.67. The van der Waals surface area contributed by atoms with Crippen LogP contribution in [-0.4, -0.2) is 17.8 Å². The fourth-order valence-corrected chi connectivity index (χ4v) is 3.56. The van der Waals surface area contributed by atoms with E-state index in [1.54, 1.807) is 54.6 Å². The Labute approximate surface area is 190 Å². The molecule has 166 valence electrons. The Bertz CT molecular complexity index is 1270. The van der Waals surface area contributed by atoms with Crippen molar-refractivity contribution in [3.63, 3.8) is 0 Å². The first kappa shape index (κ1) is 22.0. The average molecular weight is 444 g/mol. The fraction of sp³-hybridized carbons (Fsp3) is 0.115. The predicted molar refractivity (Wildman–Crippen MR) is 122 cm³/mol. The molecular formula is C26H21FN2O4. The summed E-state index contributed by atoms with van der Waals surface area (Å²) in [5, 5.41) is 2.23. The maximum absolute atomic E-state index is 13.9. The number of barbiturate groups is 1. The van der Waals surface area contributed by atoms with E-state index in [4.69, 9.17) is 4.74 Å². The summed E-state index contributed by atoms with van der Waals surface area (Å²) in [6.45, 7) is 1.89. The Morgan fingerprint density at radius 2 is 1.58 bits per heavy atom. The van der Waals surface area contributed by atoms with Crippen LogP contribution in [0.2, 0.25) is 0 Å². The third kappa shape index (κ3) is 4.52. The van der Waals surface area contributed by atoms with Crippen LogP contribution < -0.4 is 15.0 Å². The van der Waals surface area contributed by atoms with Crippen molar-refractivity contribution in [2.45, 2.75) is 20.0 Å². The van der Waals surface area contributed by atoms with Crippen molar-refractivity contribution in [3.8, 4) is 5.75 Å². The fourth-order valence-electron chi connectivity index (χ4n) is 3.56. The number of nitrogens with one attached hydrogen (secondary N) is 1. The number of rotatable bonds is 6. The van der Waals surface area contributed by atoms with E-state index >= 15 is 0 Å². The monoisotopic (exact) mass is 444 g/mol. The first-order valence-corrected chi connectivity index (χ1v) is 10.4. The summed E-state index contributed by atoms with van der Waals surface area (Å²) in [6, 6.07) is 19.3. The summed E-state index contributed by atoms with van der Waals surface area (Å²) in [7, 11) is 0. The Morgan fingerprint density at radius 1 is 0.909 bits per heavy atom. The van der Waals surface area contributed by atoms with E-state index in [1.165, 1.54) is 12.1 Å². The van der Waals surface area contributed by atoms with Gasteiger partial charge >= 0.3 is 6.03 Å². The number of aryl methyl sites for hydroxylation is 1. The number of ether oxygens (including phenoxy) is 1. The minimum atomic E-state index is -0.799. The molecule has 0 unspecified atom stereocenters. The topological polar surface area (TPSA) is 75.7 Å². The zero-order chi connectivity index (χ0) is 23.4. The second-order valence-electron chi connectivity index (χ2n) is 7.36. The minimum absolute atomic E-state index is 0.0263. The van der Waals surface area contributed by atoms with Gasteiger partial charge < -0.3 is 4.74 Å². The van der Waals surface area contributed by atoms with Gasteiger partial charge in [0.25, 0.3) is 11.8 Å². The second-order valence-corrected chi connectivity index (χ2v) is 7.36. The van der Waals surface area contributed by atoms with Crippen molar-refractivity contribution in [2.24, 2.45) is 0 Å². The number of anilines is 1. The standard InChI is InChI=1S/C26H21FN2O4/c1-2-17-9-4-7-13-22(17)29-25(31)20(24(30)28-26(29)32)15-18-10-5-8-14-23(18)33-16-19-11-3-6-12-21(19)27/h3-15H,2,16H2,1H3,(H,28,30,32)/b20-15-. The zero-order valence-electron chi connectivity index (χ0n) is 17.9. The number of imide groups is 2. The molecule has 3 aromatic carbocycles. The summed E-state index contributed by atoms with van der Waals surface area (Å²) in [5.41, 5.74) is 1.83. The number of carbonyl (C=O) groups excluding carboxylic acids is 3. The van der Waals surface area contributed by atoms with Gasteiger partial charge in [0.2, 0.25) is 0 Å². The highest BCUT2D eigenvalue weighted by Crippen LogP contribution is 2.28. The lowest BCUT2D eigenvalue weighted by molar-refractivity contribution is -0.122. The van der Waals surface area contributed by atoms with Crippen LogP contribution in [0.3, 0.4) is 0 Å². The van der Waals surface area contributed by atoms with E-state index in [1.807, 2.05) is 19.1 Å². The molecule has 1 aliphatic heterocycles. The first-order valence-electron chi connectivity index (χ1n) is 10.4. The minimum Gasteiger partial charge on any atom is -0.488 e. The molecule has 1 aliphatic rings. The molecule has 1 heterocycles. The van der Waals surface area contributed by atoms with Crippen molar-refractivity contribution in [1.82, 2.24) is 5.32 Å². The lowest BCUT2D eigenvalue weighted by Crippen LogP contribution is -2.54. The lowest BCUT2D eigenvalue weighted by atomic mass is 10.0. The van der Waals surface area contributed by atoms with E-state index in [0.29, 0.717) is 29.0 Å². The molecule has 0 radical (unpaired) electrons. The number of para-hydroxylation sites is 2. The largest absolute Gasteiger partial charge is 0.488 e. The van der Waals surface area contributed by atoms with Crippen LogP contribution in [0.4, 0.5) is 14.9 Å². The highest BCUT2D eigenvalue weighted by Gasteiger charge is 2.37. The smallest absolute Gasteiger partial charge is 0.335 e. The van der Waals surface area contributed by atoms with Crippen LogP contribution in [0.5, 0.6) is 5.75 Å².